The number of primary amides is 1. The molecule has 0 fully saturated rings. The molecule has 1 aliphatic heterocycles. The Kier molecular flexibility index (Phi) is 29.7. The fourth-order valence-corrected chi connectivity index (χ4v) is 11.3. The van der Waals surface area contributed by atoms with Crippen molar-refractivity contribution in [1.29, 1.82) is 0 Å². The molecule has 25 nitrogen and oxygen atoms in total. The SMILES string of the molecule is CCOC(=O)CC[C@@H](NC(=O)/C(C)=C/[C@H](C(C)C)N(C)C(=O)[C@@H](NC(=O)[C@@H](N(C)C(=O)OCc1ccc(NC(=O)[C@H](CCCNC(N)=O)CC(=O)C(NC(=O)CCCCCN2C(=O)C=CC2=O)C(C)C)cc1)C(C)(C)c1cn(C)c2ccccc12)C(C)(C)C)C(=O)OCC. The number of nitrogens with two attached hydrogens (primary N) is 1. The molecule has 94 heavy (non-hydrogen) atoms. The predicted octanol–water partition coefficient (Wildman–Crippen LogP) is 7.03. The van der Waals surface area contributed by atoms with Crippen LogP contribution in [0.2, 0.25) is 0 Å². The van der Waals surface area contributed by atoms with Crippen LogP contribution in [0.25, 0.3) is 10.9 Å². The van der Waals surface area contributed by atoms with E-state index in [0.29, 0.717) is 36.9 Å². The predicted molar refractivity (Wildman–Crippen MR) is 355 cm³/mol. The number of ether oxygens (including phenoxy) is 3. The molecule has 516 valence electrons. The number of aromatic nitrogens is 1. The number of hydrogen-bond donors (Lipinski definition) is 6. The second-order valence-electron chi connectivity index (χ2n) is 26.2. The number of amides is 10. The number of nitrogens with zero attached hydrogens (tertiary/aromatic N) is 4. The number of rotatable bonds is 36. The van der Waals surface area contributed by atoms with Gasteiger partial charge < -0.3 is 56.0 Å². The topological polar surface area (TPSA) is 333 Å². The number of carbonyl (C=O) groups excluding carboxylic acids is 12. The third kappa shape index (κ3) is 22.4. The number of hydrogen-bond acceptors (Lipinski definition) is 15. The van der Waals surface area contributed by atoms with Gasteiger partial charge in [0.1, 0.15) is 24.7 Å². The molecule has 7 N–H and O–H groups in total. The Labute approximate surface area is 552 Å². The van der Waals surface area contributed by atoms with Crippen molar-refractivity contribution in [3.8, 4) is 0 Å². The molecule has 2 heterocycles. The zero-order valence-electron chi connectivity index (χ0n) is 57.4. The van der Waals surface area contributed by atoms with Gasteiger partial charge in [-0.1, -0.05) is 105 Å². The van der Waals surface area contributed by atoms with Gasteiger partial charge in [0, 0.05) is 105 Å². The van der Waals surface area contributed by atoms with Gasteiger partial charge in [0.15, 0.2) is 5.78 Å². The minimum atomic E-state index is -1.31. The van der Waals surface area contributed by atoms with E-state index in [9.17, 15) is 47.9 Å². The molecule has 4 rings (SSSR count). The maximum atomic E-state index is 15.4. The van der Waals surface area contributed by atoms with E-state index in [4.69, 9.17) is 19.9 Å². The van der Waals surface area contributed by atoms with Crippen LogP contribution < -0.4 is 32.3 Å². The number of aryl methyl sites for hydroxylation is 1. The molecule has 25 heteroatoms. The van der Waals surface area contributed by atoms with Crippen LogP contribution in [0, 0.1) is 23.2 Å². The van der Waals surface area contributed by atoms with Crippen LogP contribution in [0.1, 0.15) is 152 Å². The van der Waals surface area contributed by atoms with Crippen LogP contribution in [0.4, 0.5) is 15.3 Å². The normalized spacial score (nSPS) is 14.5. The Morgan fingerprint density at radius 1 is 0.723 bits per heavy atom. The van der Waals surface area contributed by atoms with Gasteiger partial charge in [-0.05, 0) is 99.5 Å². The van der Waals surface area contributed by atoms with E-state index in [1.165, 1.54) is 29.0 Å². The number of para-hydroxylation sites is 1. The molecule has 6 atom stereocenters. The third-order valence-corrected chi connectivity index (χ3v) is 16.6. The maximum absolute atomic E-state index is 15.4. The lowest BCUT2D eigenvalue weighted by molar-refractivity contribution is -0.148. The number of Topliss-reactive ketones (excluding diaryl/α,β-unsaturated/α-hetero) is 1. The van der Waals surface area contributed by atoms with E-state index in [2.05, 4.69) is 26.6 Å². The van der Waals surface area contributed by atoms with Crippen molar-refractivity contribution in [3.63, 3.8) is 0 Å². The third-order valence-electron chi connectivity index (χ3n) is 16.6. The number of fused-ring (bicyclic) bond motifs is 1. The molecule has 3 aromatic rings. The Balaban J connectivity index is 1.54. The van der Waals surface area contributed by atoms with Crippen molar-refractivity contribution < 1.29 is 71.7 Å². The van der Waals surface area contributed by atoms with Crippen LogP contribution >= 0.6 is 0 Å². The number of unbranched alkanes of at least 4 members (excludes halogenated alkanes) is 2. The van der Waals surface area contributed by atoms with Gasteiger partial charge in [-0.3, -0.25) is 53.0 Å². The monoisotopic (exact) mass is 1310 g/mol. The van der Waals surface area contributed by atoms with Crippen LogP contribution in [0.5, 0.6) is 0 Å². The summed E-state index contributed by atoms with van der Waals surface area (Å²) in [5, 5.41) is 14.7. The summed E-state index contributed by atoms with van der Waals surface area (Å²) in [4.78, 5) is 164. The summed E-state index contributed by atoms with van der Waals surface area (Å²) in [6, 6.07) is 8.08. The van der Waals surface area contributed by atoms with E-state index < -0.39 is 94.6 Å². The molecule has 0 saturated carbocycles. The van der Waals surface area contributed by atoms with Crippen molar-refractivity contribution in [3.05, 3.63) is 89.7 Å². The van der Waals surface area contributed by atoms with Gasteiger partial charge >= 0.3 is 24.1 Å². The van der Waals surface area contributed by atoms with E-state index in [-0.39, 0.29) is 106 Å². The quantitative estimate of drug-likeness (QED) is 0.0112. The molecule has 1 aliphatic rings. The first-order valence-corrected chi connectivity index (χ1v) is 32.3. The summed E-state index contributed by atoms with van der Waals surface area (Å²) in [5.41, 5.74) is 5.85. The highest BCUT2D eigenvalue weighted by molar-refractivity contribution is 6.13. The molecule has 0 saturated heterocycles. The molecule has 0 bridgehead atoms. The fraction of sp³-hybridized carbons (Fsp3) is 0.565. The first kappa shape index (κ1) is 77.5. The maximum Gasteiger partial charge on any atom is 0.410 e. The van der Waals surface area contributed by atoms with Crippen molar-refractivity contribution in [2.75, 3.05) is 45.7 Å². The fourth-order valence-electron chi connectivity index (χ4n) is 11.3. The van der Waals surface area contributed by atoms with Gasteiger partial charge in [-0.15, -0.1) is 0 Å². The van der Waals surface area contributed by atoms with E-state index in [1.807, 2.05) is 69.8 Å². The molecule has 0 radical (unpaired) electrons. The number of likely N-dealkylation sites (N-methyl/N-ethyl adjacent to an activating group) is 2. The summed E-state index contributed by atoms with van der Waals surface area (Å²) in [6.45, 7) is 21.5. The second-order valence-corrected chi connectivity index (χ2v) is 26.2. The number of ketones is 1. The number of nitrogens with one attached hydrogen (secondary N) is 5. The highest BCUT2D eigenvalue weighted by Crippen LogP contribution is 2.37. The highest BCUT2D eigenvalue weighted by atomic mass is 16.6. The number of imide groups is 1. The number of carbonyl (C=O) groups is 12. The van der Waals surface area contributed by atoms with Gasteiger partial charge in [-0.2, -0.15) is 0 Å². The van der Waals surface area contributed by atoms with Crippen molar-refractivity contribution in [2.45, 2.75) is 183 Å². The van der Waals surface area contributed by atoms with E-state index in [0.717, 1.165) is 21.4 Å². The molecule has 1 aromatic heterocycles. The second kappa shape index (κ2) is 36.0. The lowest BCUT2D eigenvalue weighted by Crippen LogP contribution is -2.63. The lowest BCUT2D eigenvalue weighted by atomic mass is 9.76. The lowest BCUT2D eigenvalue weighted by Gasteiger charge is -2.42. The van der Waals surface area contributed by atoms with Gasteiger partial charge in [0.25, 0.3) is 11.8 Å². The summed E-state index contributed by atoms with van der Waals surface area (Å²) in [7, 11) is 4.90. The molecule has 10 amide bonds. The summed E-state index contributed by atoms with van der Waals surface area (Å²) in [5.74, 6) is -6.48. The Hall–Kier alpha value is -8.90. The average molecular weight is 1310 g/mol. The summed E-state index contributed by atoms with van der Waals surface area (Å²) >= 11 is 0. The molecule has 0 spiro atoms. The minimum Gasteiger partial charge on any atom is -0.466 e. The summed E-state index contributed by atoms with van der Waals surface area (Å²) < 4.78 is 18.1. The molecular formula is C69H100N10O15. The van der Waals surface area contributed by atoms with Crippen molar-refractivity contribution >= 4 is 87.8 Å². The first-order chi connectivity index (χ1) is 44.1. The largest absolute Gasteiger partial charge is 0.466 e. The van der Waals surface area contributed by atoms with Gasteiger partial charge in [0.05, 0.1) is 25.3 Å². The first-order valence-electron chi connectivity index (χ1n) is 32.3. The van der Waals surface area contributed by atoms with Crippen LogP contribution in [0.15, 0.2) is 78.5 Å². The summed E-state index contributed by atoms with van der Waals surface area (Å²) in [6.07, 6.45) is 6.75. The van der Waals surface area contributed by atoms with Gasteiger partial charge in [-0.25, -0.2) is 14.4 Å². The molecule has 1 unspecified atom stereocenters. The van der Waals surface area contributed by atoms with Gasteiger partial charge in [0.2, 0.25) is 29.5 Å². The average Bonchev–Trinajstić information content (AvgIpc) is 1.49. The molecule has 2 aromatic carbocycles. The minimum absolute atomic E-state index is 0.0457. The molecular weight excluding hydrogens is 1210 g/mol. The zero-order chi connectivity index (χ0) is 70.4. The zero-order valence-corrected chi connectivity index (χ0v) is 57.4. The number of esters is 2. The Morgan fingerprint density at radius 2 is 1.36 bits per heavy atom. The number of urea groups is 1. The highest BCUT2D eigenvalue weighted by Gasteiger charge is 2.47. The Bertz CT molecular complexity index is 3230. The standard InChI is InChI=1S/C69H100N10O15/c1-16-92-57(84)35-32-50(65(89)93-17-2)73-61(85)44(7)38-52(42(3)4)77(14)64(88)59(68(8,9)10)75-63(87)60(69(11,12)49-40-76(13)51-26-21-20-25-48(49)51)78(15)67(91)94-41-45-28-30-47(31-29-45)72-62(86)46(24-23-36-71-66(70)90)39-53(80)58(43(5)6)74-54(81)27-19-18-22-37-79-55(82)33-34-56(79)83/h20-21,25-26,28-31,33-34,38,40,42-43,46,50,52,58-60H,16-19,22-24,27,32,35-37,39,41H2,1-15H3,(H,72,86)(H,73,85)(H,74,81)(H,75,87)(H3,70,71,90)/b44-38+/t46-,50-,52-,58?,59-,60-/m1/s1. The van der Waals surface area contributed by atoms with Crippen LogP contribution in [-0.2, 0) is 81.2 Å². The van der Waals surface area contributed by atoms with E-state index >= 15 is 9.59 Å². The number of benzene rings is 2. The van der Waals surface area contributed by atoms with Crippen molar-refractivity contribution in [1.82, 2.24) is 40.5 Å². The van der Waals surface area contributed by atoms with Crippen molar-refractivity contribution in [2.24, 2.45) is 36.0 Å². The Morgan fingerprint density at radius 3 is 1.96 bits per heavy atom. The van der Waals surface area contributed by atoms with E-state index in [1.54, 1.807) is 92.8 Å². The van der Waals surface area contributed by atoms with Crippen LogP contribution in [0.3, 0.4) is 0 Å². The van der Waals surface area contributed by atoms with Crippen LogP contribution in [-0.4, -0.2) is 161 Å². The number of anilines is 1. The molecule has 0 aliphatic carbocycles. The smallest absolute Gasteiger partial charge is 0.410 e.